The second-order valence-electron chi connectivity index (χ2n) is 6.44. The van der Waals surface area contributed by atoms with E-state index >= 15 is 0 Å². The number of amides is 1. The van der Waals surface area contributed by atoms with Crippen LogP contribution in [-0.4, -0.2) is 21.2 Å². The number of aromatic nitrogens is 2. The van der Waals surface area contributed by atoms with Crippen molar-refractivity contribution in [2.24, 2.45) is 0 Å². The number of thioether (sulfide) groups is 1. The molecule has 1 aromatic carbocycles. The topological polar surface area (TPSA) is 64.0 Å². The largest absolute Gasteiger partial charge is 0.350 e. The van der Waals surface area contributed by atoms with E-state index in [1.807, 2.05) is 53.9 Å². The maximum Gasteiger partial charge on any atom is 0.263 e. The molecule has 152 valence electrons. The highest BCUT2D eigenvalue weighted by atomic mass is 32.2. The number of hydrogen-bond acceptors (Lipinski definition) is 6. The summed E-state index contributed by atoms with van der Waals surface area (Å²) in [5.41, 5.74) is 0.942. The number of carbonyl (C=O) groups excluding carboxylic acids is 1. The van der Waals surface area contributed by atoms with E-state index in [4.69, 9.17) is 4.98 Å². The quantitative estimate of drug-likeness (QED) is 0.237. The van der Waals surface area contributed by atoms with E-state index in [0.717, 1.165) is 15.3 Å². The van der Waals surface area contributed by atoms with E-state index in [9.17, 15) is 9.59 Å². The molecule has 0 bridgehead atoms. The third-order valence-electron chi connectivity index (χ3n) is 4.36. The second kappa shape index (κ2) is 9.42. The lowest BCUT2D eigenvalue weighted by atomic mass is 10.2. The molecule has 30 heavy (non-hydrogen) atoms. The van der Waals surface area contributed by atoms with Crippen LogP contribution in [0.15, 0.2) is 76.5 Å². The summed E-state index contributed by atoms with van der Waals surface area (Å²) >= 11 is 4.36. The zero-order valence-electron chi connectivity index (χ0n) is 16.0. The van der Waals surface area contributed by atoms with Crippen LogP contribution in [0.2, 0.25) is 0 Å². The maximum atomic E-state index is 13.1. The van der Waals surface area contributed by atoms with Gasteiger partial charge < -0.3 is 5.32 Å². The molecular formula is C22H19N3O2S3. The summed E-state index contributed by atoms with van der Waals surface area (Å²) in [4.78, 5) is 32.8. The van der Waals surface area contributed by atoms with E-state index in [-0.39, 0.29) is 17.2 Å². The van der Waals surface area contributed by atoms with Crippen molar-refractivity contribution in [3.05, 3.63) is 81.8 Å². The van der Waals surface area contributed by atoms with Crippen molar-refractivity contribution in [1.82, 2.24) is 14.9 Å². The summed E-state index contributed by atoms with van der Waals surface area (Å²) in [7, 11) is 0. The van der Waals surface area contributed by atoms with Crippen LogP contribution < -0.4 is 10.9 Å². The molecule has 0 atom stereocenters. The fourth-order valence-corrected chi connectivity index (χ4v) is 5.48. The predicted octanol–water partition coefficient (Wildman–Crippen LogP) is 4.78. The SMILES string of the molecule is C=CCn1c(SCC(=O)NCc2cccs2)nc2sc(-c3ccccc3)cc2c1=O. The van der Waals surface area contributed by atoms with Gasteiger partial charge in [0.05, 0.1) is 17.7 Å². The van der Waals surface area contributed by atoms with Gasteiger partial charge in [0.1, 0.15) is 4.83 Å². The zero-order valence-corrected chi connectivity index (χ0v) is 18.5. The van der Waals surface area contributed by atoms with Crippen LogP contribution in [0.4, 0.5) is 0 Å². The normalized spacial score (nSPS) is 10.9. The number of allylic oxidation sites excluding steroid dienone is 1. The molecule has 0 unspecified atom stereocenters. The van der Waals surface area contributed by atoms with E-state index in [1.54, 1.807) is 22.0 Å². The third-order valence-corrected chi connectivity index (χ3v) is 7.29. The number of fused-ring (bicyclic) bond motifs is 1. The molecule has 0 saturated heterocycles. The molecule has 0 aliphatic carbocycles. The van der Waals surface area contributed by atoms with Gasteiger partial charge in [-0.2, -0.15) is 0 Å². The first-order chi connectivity index (χ1) is 14.7. The van der Waals surface area contributed by atoms with Crippen molar-refractivity contribution in [1.29, 1.82) is 0 Å². The highest BCUT2D eigenvalue weighted by Crippen LogP contribution is 2.32. The van der Waals surface area contributed by atoms with Crippen LogP contribution in [0.25, 0.3) is 20.7 Å². The van der Waals surface area contributed by atoms with Gasteiger partial charge in [0.15, 0.2) is 5.16 Å². The van der Waals surface area contributed by atoms with Gasteiger partial charge in [0.2, 0.25) is 5.91 Å². The Morgan fingerprint density at radius 3 is 2.80 bits per heavy atom. The highest BCUT2D eigenvalue weighted by molar-refractivity contribution is 7.99. The van der Waals surface area contributed by atoms with E-state index in [1.165, 1.54) is 23.1 Å². The Labute approximate surface area is 186 Å². The minimum Gasteiger partial charge on any atom is -0.350 e. The maximum absolute atomic E-state index is 13.1. The van der Waals surface area contributed by atoms with Crippen LogP contribution >= 0.6 is 34.4 Å². The Morgan fingerprint density at radius 2 is 2.07 bits per heavy atom. The number of nitrogens with one attached hydrogen (secondary N) is 1. The summed E-state index contributed by atoms with van der Waals surface area (Å²) in [5, 5.41) is 6.00. The molecule has 3 heterocycles. The molecule has 4 aromatic rings. The first kappa shape index (κ1) is 20.6. The molecule has 0 fully saturated rings. The molecule has 1 amide bonds. The lowest BCUT2D eigenvalue weighted by Gasteiger charge is -2.10. The highest BCUT2D eigenvalue weighted by Gasteiger charge is 2.16. The number of hydrogen-bond donors (Lipinski definition) is 1. The predicted molar refractivity (Wildman–Crippen MR) is 126 cm³/mol. The van der Waals surface area contributed by atoms with Gasteiger partial charge in [0.25, 0.3) is 5.56 Å². The van der Waals surface area contributed by atoms with Crippen LogP contribution in [-0.2, 0) is 17.9 Å². The van der Waals surface area contributed by atoms with E-state index < -0.39 is 0 Å². The molecule has 0 aliphatic heterocycles. The Hall–Kier alpha value is -2.68. The number of carbonyl (C=O) groups is 1. The Kier molecular flexibility index (Phi) is 6.47. The third kappa shape index (κ3) is 4.56. The van der Waals surface area contributed by atoms with Gasteiger partial charge in [-0.15, -0.1) is 29.3 Å². The van der Waals surface area contributed by atoms with Crippen molar-refractivity contribution >= 4 is 50.6 Å². The molecule has 5 nitrogen and oxygen atoms in total. The molecule has 8 heteroatoms. The molecule has 0 aliphatic rings. The Balaban J connectivity index is 1.58. The zero-order chi connectivity index (χ0) is 20.9. The average molecular weight is 454 g/mol. The van der Waals surface area contributed by atoms with Crippen LogP contribution in [0, 0.1) is 0 Å². The number of thiophene rings is 2. The van der Waals surface area contributed by atoms with Gasteiger partial charge >= 0.3 is 0 Å². The molecule has 0 radical (unpaired) electrons. The summed E-state index contributed by atoms with van der Waals surface area (Å²) in [5.74, 6) is 0.0984. The molecule has 0 saturated carbocycles. The van der Waals surface area contributed by atoms with E-state index in [2.05, 4.69) is 11.9 Å². The van der Waals surface area contributed by atoms with Crippen molar-refractivity contribution in [3.8, 4) is 10.4 Å². The summed E-state index contributed by atoms with van der Waals surface area (Å²) < 4.78 is 1.58. The fourth-order valence-electron chi connectivity index (χ4n) is 2.92. The monoisotopic (exact) mass is 453 g/mol. The van der Waals surface area contributed by atoms with Gasteiger partial charge in [-0.05, 0) is 23.1 Å². The molecule has 4 rings (SSSR count). The molecule has 3 aromatic heterocycles. The molecule has 0 spiro atoms. The van der Waals surface area contributed by atoms with Gasteiger partial charge in [-0.25, -0.2) is 4.98 Å². The summed E-state index contributed by atoms with van der Waals surface area (Å²) in [6.07, 6.45) is 1.67. The summed E-state index contributed by atoms with van der Waals surface area (Å²) in [6, 6.07) is 15.8. The van der Waals surface area contributed by atoms with Gasteiger partial charge in [0, 0.05) is 16.3 Å². The lowest BCUT2D eigenvalue weighted by Crippen LogP contribution is -2.26. The lowest BCUT2D eigenvalue weighted by molar-refractivity contribution is -0.118. The Bertz CT molecular complexity index is 1230. The van der Waals surface area contributed by atoms with Crippen LogP contribution in [0.5, 0.6) is 0 Å². The minimum atomic E-state index is -0.111. The summed E-state index contributed by atoms with van der Waals surface area (Å²) in [6.45, 7) is 4.60. The number of rotatable bonds is 8. The average Bonchev–Trinajstić information content (AvgIpc) is 3.44. The van der Waals surface area contributed by atoms with Crippen molar-refractivity contribution in [2.45, 2.75) is 18.2 Å². The smallest absolute Gasteiger partial charge is 0.263 e. The van der Waals surface area contributed by atoms with E-state index in [0.29, 0.717) is 28.5 Å². The standard InChI is InChI=1S/C22H19N3O2S3/c1-2-10-25-21(27)17-12-18(15-7-4-3-5-8-15)30-20(17)24-22(25)29-14-19(26)23-13-16-9-6-11-28-16/h2-9,11-12H,1,10,13-14H2,(H,23,26). The van der Waals surface area contributed by atoms with Gasteiger partial charge in [-0.3, -0.25) is 14.2 Å². The van der Waals surface area contributed by atoms with Crippen molar-refractivity contribution in [3.63, 3.8) is 0 Å². The first-order valence-corrected chi connectivity index (χ1v) is 12.0. The molecule has 1 N–H and O–H groups in total. The van der Waals surface area contributed by atoms with Crippen LogP contribution in [0.1, 0.15) is 4.88 Å². The van der Waals surface area contributed by atoms with Gasteiger partial charge in [-0.1, -0.05) is 54.2 Å². The number of nitrogens with zero attached hydrogens (tertiary/aromatic N) is 2. The number of benzene rings is 1. The minimum absolute atomic E-state index is 0.0935. The molecular weight excluding hydrogens is 434 g/mol. The Morgan fingerprint density at radius 1 is 1.23 bits per heavy atom. The van der Waals surface area contributed by atoms with Crippen LogP contribution in [0.3, 0.4) is 0 Å². The van der Waals surface area contributed by atoms with Crippen molar-refractivity contribution in [2.75, 3.05) is 5.75 Å². The van der Waals surface area contributed by atoms with Crippen molar-refractivity contribution < 1.29 is 4.79 Å². The first-order valence-electron chi connectivity index (χ1n) is 9.28. The fraction of sp³-hybridized carbons (Fsp3) is 0.136. The second-order valence-corrected chi connectivity index (χ2v) is 9.44.